The third-order valence-electron chi connectivity index (χ3n) is 2.79. The van der Waals surface area contributed by atoms with Crippen molar-refractivity contribution in [1.82, 2.24) is 5.32 Å². The highest BCUT2D eigenvalue weighted by molar-refractivity contribution is 7.99. The van der Waals surface area contributed by atoms with Crippen LogP contribution in [0.5, 0.6) is 0 Å². The number of thiophene rings is 1. The first kappa shape index (κ1) is 18.1. The first-order valence-electron chi connectivity index (χ1n) is 6.55. The van der Waals surface area contributed by atoms with Gasteiger partial charge >= 0.3 is 0 Å². The van der Waals surface area contributed by atoms with E-state index in [1.54, 1.807) is 6.92 Å². The fourth-order valence-corrected chi connectivity index (χ4v) is 4.30. The van der Waals surface area contributed by atoms with Crippen LogP contribution in [0.2, 0.25) is 0 Å². The molecule has 0 aliphatic heterocycles. The zero-order valence-electron chi connectivity index (χ0n) is 12.4. The summed E-state index contributed by atoms with van der Waals surface area (Å²) in [7, 11) is -3.01. The number of nitrogens with one attached hydrogen (secondary N) is 2. The van der Waals surface area contributed by atoms with Crippen LogP contribution < -0.4 is 16.4 Å². The lowest BCUT2D eigenvalue weighted by Gasteiger charge is -2.06. The minimum absolute atomic E-state index is 0.0611. The monoisotopic (exact) mass is 351 g/mol. The van der Waals surface area contributed by atoms with Crippen LogP contribution in [0.3, 0.4) is 0 Å². The van der Waals surface area contributed by atoms with Crippen molar-refractivity contribution in [2.75, 3.05) is 41.9 Å². The number of thioether (sulfide) groups is 1. The minimum Gasteiger partial charge on any atom is -0.396 e. The molecule has 1 heterocycles. The molecule has 0 unspecified atom stereocenters. The molecule has 0 aliphatic carbocycles. The Labute approximate surface area is 133 Å². The molecule has 1 amide bonds. The molecular weight excluding hydrogens is 330 g/mol. The number of anilines is 2. The first-order chi connectivity index (χ1) is 9.86. The summed E-state index contributed by atoms with van der Waals surface area (Å²) in [6, 6.07) is 0. The summed E-state index contributed by atoms with van der Waals surface area (Å²) >= 11 is 2.69. The van der Waals surface area contributed by atoms with Crippen LogP contribution in [0.15, 0.2) is 4.90 Å². The van der Waals surface area contributed by atoms with Crippen LogP contribution in [0.4, 0.5) is 10.7 Å². The molecule has 4 N–H and O–H groups in total. The molecule has 0 aliphatic rings. The molecule has 0 atom stereocenters. The molecule has 0 saturated heterocycles. The number of hydrogen-bond acceptors (Lipinski definition) is 7. The van der Waals surface area contributed by atoms with Gasteiger partial charge in [0, 0.05) is 18.8 Å². The third-order valence-corrected chi connectivity index (χ3v) is 6.62. The lowest BCUT2D eigenvalue weighted by atomic mass is 10.3. The van der Waals surface area contributed by atoms with E-state index in [0.29, 0.717) is 23.7 Å². The number of rotatable bonds is 8. The van der Waals surface area contributed by atoms with Gasteiger partial charge < -0.3 is 16.4 Å². The Bertz CT molecular complexity index is 596. The van der Waals surface area contributed by atoms with Crippen LogP contribution in [-0.2, 0) is 9.84 Å². The van der Waals surface area contributed by atoms with Gasteiger partial charge in [0.2, 0.25) is 0 Å². The number of hydrogen-bond donors (Lipinski definition) is 3. The summed E-state index contributed by atoms with van der Waals surface area (Å²) in [5.41, 5.74) is 6.44. The number of sulfone groups is 1. The predicted octanol–water partition coefficient (Wildman–Crippen LogP) is 1.65. The number of amides is 1. The van der Waals surface area contributed by atoms with Crippen molar-refractivity contribution in [3.8, 4) is 0 Å². The van der Waals surface area contributed by atoms with Crippen LogP contribution in [0.25, 0.3) is 0 Å². The average molecular weight is 352 g/mol. The van der Waals surface area contributed by atoms with Crippen LogP contribution in [-0.4, -0.2) is 45.2 Å². The summed E-state index contributed by atoms with van der Waals surface area (Å²) in [5.74, 6) is -0.0172. The summed E-state index contributed by atoms with van der Waals surface area (Å²) < 4.78 is 23.0. The molecule has 21 heavy (non-hydrogen) atoms. The fourth-order valence-electron chi connectivity index (χ4n) is 1.62. The normalized spacial score (nSPS) is 11.4. The highest BCUT2D eigenvalue weighted by Crippen LogP contribution is 2.41. The van der Waals surface area contributed by atoms with Gasteiger partial charge in [0.1, 0.15) is 9.88 Å². The van der Waals surface area contributed by atoms with E-state index < -0.39 is 9.84 Å². The maximum absolute atomic E-state index is 11.9. The SMILES string of the molecule is CCNC(=O)c1sc(NCCS(=O)(=O)CC)c(SC)c1N. The summed E-state index contributed by atoms with van der Waals surface area (Å²) in [6.45, 7) is 4.30. The van der Waals surface area contributed by atoms with Crippen molar-refractivity contribution in [3.05, 3.63) is 4.88 Å². The maximum atomic E-state index is 11.9. The Hall–Kier alpha value is -0.930. The molecule has 0 bridgehead atoms. The maximum Gasteiger partial charge on any atom is 0.263 e. The molecular formula is C12H21N3O3S3. The first-order valence-corrected chi connectivity index (χ1v) is 10.4. The van der Waals surface area contributed by atoms with Crippen LogP contribution in [0, 0.1) is 0 Å². The van der Waals surface area contributed by atoms with Crippen molar-refractivity contribution in [2.45, 2.75) is 18.7 Å². The minimum atomic E-state index is -3.01. The quantitative estimate of drug-likeness (QED) is 0.616. The van der Waals surface area contributed by atoms with Gasteiger partial charge in [0.15, 0.2) is 9.84 Å². The van der Waals surface area contributed by atoms with E-state index in [0.717, 1.165) is 9.90 Å². The molecule has 0 saturated carbocycles. The van der Waals surface area contributed by atoms with Gasteiger partial charge in [-0.2, -0.15) is 0 Å². The standard InChI is InChI=1S/C12H21N3O3S3/c1-4-14-11(16)9-8(13)10(19-3)12(20-9)15-6-7-21(17,18)5-2/h15H,4-7,13H2,1-3H3,(H,14,16). The van der Waals surface area contributed by atoms with Crippen LogP contribution in [0.1, 0.15) is 23.5 Å². The zero-order valence-corrected chi connectivity index (χ0v) is 14.8. The number of carbonyl (C=O) groups is 1. The van der Waals surface area contributed by atoms with E-state index in [-0.39, 0.29) is 17.4 Å². The molecule has 0 radical (unpaired) electrons. The van der Waals surface area contributed by atoms with Gasteiger partial charge in [-0.1, -0.05) is 6.92 Å². The van der Waals surface area contributed by atoms with E-state index in [2.05, 4.69) is 10.6 Å². The molecule has 120 valence electrons. The molecule has 0 fully saturated rings. The molecule has 0 aromatic carbocycles. The molecule has 9 heteroatoms. The van der Waals surface area contributed by atoms with Gasteiger partial charge in [0.05, 0.1) is 16.3 Å². The molecule has 6 nitrogen and oxygen atoms in total. The smallest absolute Gasteiger partial charge is 0.263 e. The Morgan fingerprint density at radius 1 is 1.38 bits per heavy atom. The van der Waals surface area contributed by atoms with E-state index in [9.17, 15) is 13.2 Å². The highest BCUT2D eigenvalue weighted by atomic mass is 32.2. The third kappa shape index (κ3) is 4.79. The number of nitrogen functional groups attached to an aromatic ring is 1. The molecule has 1 aromatic heterocycles. The Morgan fingerprint density at radius 3 is 2.57 bits per heavy atom. The van der Waals surface area contributed by atoms with Gasteiger partial charge in [-0.25, -0.2) is 8.42 Å². The molecule has 0 spiro atoms. The van der Waals surface area contributed by atoms with Crippen molar-refractivity contribution in [3.63, 3.8) is 0 Å². The van der Waals surface area contributed by atoms with Gasteiger partial charge in [-0.15, -0.1) is 23.1 Å². The van der Waals surface area contributed by atoms with Crippen molar-refractivity contribution >= 4 is 49.5 Å². The van der Waals surface area contributed by atoms with E-state index in [1.165, 1.54) is 23.1 Å². The molecule has 1 rings (SSSR count). The van der Waals surface area contributed by atoms with Crippen molar-refractivity contribution in [2.24, 2.45) is 0 Å². The Morgan fingerprint density at radius 2 is 2.05 bits per heavy atom. The Balaban J connectivity index is 2.87. The van der Waals surface area contributed by atoms with Crippen molar-refractivity contribution < 1.29 is 13.2 Å². The molecule has 1 aromatic rings. The lowest BCUT2D eigenvalue weighted by Crippen LogP contribution is -2.22. The number of carbonyl (C=O) groups excluding carboxylic acids is 1. The van der Waals surface area contributed by atoms with E-state index in [1.807, 2.05) is 13.2 Å². The summed E-state index contributed by atoms with van der Waals surface area (Å²) in [4.78, 5) is 13.2. The van der Waals surface area contributed by atoms with Crippen LogP contribution >= 0.6 is 23.1 Å². The van der Waals surface area contributed by atoms with Gasteiger partial charge in [-0.3, -0.25) is 4.79 Å². The number of nitrogens with two attached hydrogens (primary N) is 1. The second kappa shape index (κ2) is 7.90. The fraction of sp³-hybridized carbons (Fsp3) is 0.583. The second-order valence-electron chi connectivity index (χ2n) is 4.23. The van der Waals surface area contributed by atoms with E-state index in [4.69, 9.17) is 5.73 Å². The van der Waals surface area contributed by atoms with E-state index >= 15 is 0 Å². The summed E-state index contributed by atoms with van der Waals surface area (Å²) in [5, 5.41) is 6.53. The second-order valence-corrected chi connectivity index (χ2v) is 8.54. The van der Waals surface area contributed by atoms with Gasteiger partial charge in [-0.05, 0) is 13.2 Å². The highest BCUT2D eigenvalue weighted by Gasteiger charge is 2.20. The Kier molecular flexibility index (Phi) is 6.82. The van der Waals surface area contributed by atoms with Crippen molar-refractivity contribution in [1.29, 1.82) is 0 Å². The average Bonchev–Trinajstić information content (AvgIpc) is 2.75. The predicted molar refractivity (Wildman–Crippen MR) is 91.3 cm³/mol. The van der Waals surface area contributed by atoms with Gasteiger partial charge in [0.25, 0.3) is 5.91 Å². The zero-order chi connectivity index (χ0) is 16.0. The largest absolute Gasteiger partial charge is 0.396 e. The topological polar surface area (TPSA) is 101 Å². The summed E-state index contributed by atoms with van der Waals surface area (Å²) in [6.07, 6.45) is 1.87. The lowest BCUT2D eigenvalue weighted by molar-refractivity contribution is 0.0960.